The Hall–Kier alpha value is -1.75. The second-order valence-corrected chi connectivity index (χ2v) is 4.43. The number of hydrogen-bond donors (Lipinski definition) is 1. The summed E-state index contributed by atoms with van der Waals surface area (Å²) in [4.78, 5) is 11.3. The van der Waals surface area contributed by atoms with E-state index in [1.54, 1.807) is 32.4 Å². The molecule has 1 aromatic rings. The van der Waals surface area contributed by atoms with Crippen LogP contribution in [0.5, 0.6) is 11.5 Å². The molecule has 112 valence electrons. The van der Waals surface area contributed by atoms with E-state index in [1.807, 2.05) is 6.92 Å². The fraction of sp³-hybridized carbons (Fsp3) is 0.533. The van der Waals surface area contributed by atoms with E-state index in [0.29, 0.717) is 18.1 Å². The Kier molecular flexibility index (Phi) is 6.87. The van der Waals surface area contributed by atoms with Crippen LogP contribution < -0.4 is 9.47 Å². The first-order valence-electron chi connectivity index (χ1n) is 6.67. The molecule has 0 fully saturated rings. The lowest BCUT2D eigenvalue weighted by atomic mass is 10.1. The Bertz CT molecular complexity index is 430. The number of carboxylic acid groups (broad SMARTS) is 1. The summed E-state index contributed by atoms with van der Waals surface area (Å²) in [5.74, 6) is 0.334. The third-order valence-electron chi connectivity index (χ3n) is 2.99. The lowest BCUT2D eigenvalue weighted by Gasteiger charge is -2.16. The average molecular weight is 282 g/mol. The van der Waals surface area contributed by atoms with Gasteiger partial charge in [-0.1, -0.05) is 13.3 Å². The fourth-order valence-electron chi connectivity index (χ4n) is 1.83. The molecular formula is C15H22O5. The van der Waals surface area contributed by atoms with Crippen LogP contribution in [0.3, 0.4) is 0 Å². The molecule has 0 aliphatic rings. The average Bonchev–Trinajstić information content (AvgIpc) is 2.46. The van der Waals surface area contributed by atoms with E-state index >= 15 is 0 Å². The fourth-order valence-corrected chi connectivity index (χ4v) is 1.83. The maximum atomic E-state index is 11.3. The summed E-state index contributed by atoms with van der Waals surface area (Å²) in [6, 6.07) is 5.31. The summed E-state index contributed by atoms with van der Waals surface area (Å²) in [6.07, 6.45) is 1.19. The van der Waals surface area contributed by atoms with Gasteiger partial charge in [-0.05, 0) is 24.6 Å². The van der Waals surface area contributed by atoms with Gasteiger partial charge in [0.2, 0.25) is 0 Å². The second-order valence-electron chi connectivity index (χ2n) is 4.43. The zero-order valence-corrected chi connectivity index (χ0v) is 12.2. The summed E-state index contributed by atoms with van der Waals surface area (Å²) < 4.78 is 15.8. The lowest BCUT2D eigenvalue weighted by Crippen LogP contribution is -2.27. The van der Waals surface area contributed by atoms with Crippen molar-refractivity contribution in [1.82, 2.24) is 0 Å². The van der Waals surface area contributed by atoms with Crippen LogP contribution >= 0.6 is 0 Å². The Morgan fingerprint density at radius 3 is 2.60 bits per heavy atom. The Morgan fingerprint density at radius 2 is 2.05 bits per heavy atom. The number of hydrogen-bond acceptors (Lipinski definition) is 4. The van der Waals surface area contributed by atoms with Crippen molar-refractivity contribution < 1.29 is 24.1 Å². The van der Waals surface area contributed by atoms with Crippen molar-refractivity contribution >= 4 is 5.97 Å². The minimum atomic E-state index is -0.967. The van der Waals surface area contributed by atoms with Crippen LogP contribution in [0.4, 0.5) is 0 Å². The molecule has 0 aliphatic heterocycles. The molecule has 1 N–H and O–H groups in total. The highest BCUT2D eigenvalue weighted by atomic mass is 16.5. The van der Waals surface area contributed by atoms with Crippen molar-refractivity contribution in [2.45, 2.75) is 32.3 Å². The third-order valence-corrected chi connectivity index (χ3v) is 2.99. The van der Waals surface area contributed by atoms with Gasteiger partial charge in [-0.2, -0.15) is 0 Å². The van der Waals surface area contributed by atoms with Crippen molar-refractivity contribution in [2.75, 3.05) is 20.8 Å². The predicted octanol–water partition coefficient (Wildman–Crippen LogP) is 2.52. The Morgan fingerprint density at radius 1 is 1.30 bits per heavy atom. The summed E-state index contributed by atoms with van der Waals surface area (Å²) in [7, 11) is 3.12. The van der Waals surface area contributed by atoms with Crippen molar-refractivity contribution in [3.8, 4) is 11.5 Å². The zero-order valence-electron chi connectivity index (χ0n) is 12.2. The van der Waals surface area contributed by atoms with Crippen molar-refractivity contribution in [2.24, 2.45) is 0 Å². The molecule has 1 aromatic carbocycles. The topological polar surface area (TPSA) is 65.0 Å². The van der Waals surface area contributed by atoms with Gasteiger partial charge < -0.3 is 19.3 Å². The molecule has 0 aromatic heterocycles. The smallest absolute Gasteiger partial charge is 0.333 e. The van der Waals surface area contributed by atoms with Gasteiger partial charge in [-0.25, -0.2) is 4.79 Å². The molecule has 0 aliphatic carbocycles. The number of carbonyl (C=O) groups is 1. The number of rotatable bonds is 9. The van der Waals surface area contributed by atoms with E-state index < -0.39 is 12.1 Å². The molecule has 5 nitrogen and oxygen atoms in total. The van der Waals surface area contributed by atoms with E-state index in [2.05, 4.69) is 0 Å². The van der Waals surface area contributed by atoms with Crippen molar-refractivity contribution in [1.29, 1.82) is 0 Å². The summed E-state index contributed by atoms with van der Waals surface area (Å²) >= 11 is 0. The molecular weight excluding hydrogens is 260 g/mol. The minimum absolute atomic E-state index is 0.249. The third kappa shape index (κ3) is 4.74. The van der Waals surface area contributed by atoms with Crippen LogP contribution in [0.15, 0.2) is 18.2 Å². The Labute approximate surface area is 119 Å². The second kappa shape index (κ2) is 8.43. The quantitative estimate of drug-likeness (QED) is 0.705. The number of unbranched alkanes of at least 4 members (excludes halogenated alkanes) is 1. The number of aliphatic carboxylic acids is 1. The van der Waals surface area contributed by atoms with Gasteiger partial charge in [0.15, 0.2) is 6.10 Å². The van der Waals surface area contributed by atoms with Gasteiger partial charge >= 0.3 is 5.97 Å². The van der Waals surface area contributed by atoms with Crippen LogP contribution in [0.2, 0.25) is 0 Å². The normalized spacial score (nSPS) is 11.9. The molecule has 0 amide bonds. The molecule has 0 spiro atoms. The largest absolute Gasteiger partial charge is 0.497 e. The minimum Gasteiger partial charge on any atom is -0.497 e. The lowest BCUT2D eigenvalue weighted by molar-refractivity contribution is -0.150. The van der Waals surface area contributed by atoms with E-state index in [9.17, 15) is 9.90 Å². The van der Waals surface area contributed by atoms with Gasteiger partial charge in [0.25, 0.3) is 0 Å². The molecule has 1 rings (SSSR count). The van der Waals surface area contributed by atoms with Crippen LogP contribution in [-0.4, -0.2) is 38.0 Å². The highest BCUT2D eigenvalue weighted by molar-refractivity contribution is 5.73. The maximum Gasteiger partial charge on any atom is 0.333 e. The molecule has 0 saturated heterocycles. The number of methoxy groups -OCH3 is 2. The standard InChI is InChI=1S/C15H22O5/c1-4-5-8-20-14(15(16)17)10-11-9-12(18-2)6-7-13(11)19-3/h6-7,9,14H,4-5,8,10H2,1-3H3,(H,16,17). The van der Waals surface area contributed by atoms with Gasteiger partial charge in [0.1, 0.15) is 11.5 Å². The molecule has 20 heavy (non-hydrogen) atoms. The predicted molar refractivity (Wildman–Crippen MR) is 75.5 cm³/mol. The highest BCUT2D eigenvalue weighted by Crippen LogP contribution is 2.25. The first-order valence-corrected chi connectivity index (χ1v) is 6.67. The summed E-state index contributed by atoms with van der Waals surface area (Å²) in [5.41, 5.74) is 0.760. The maximum absolute atomic E-state index is 11.3. The van der Waals surface area contributed by atoms with Gasteiger partial charge in [0, 0.05) is 18.6 Å². The van der Waals surface area contributed by atoms with Crippen molar-refractivity contribution in [3.05, 3.63) is 23.8 Å². The van der Waals surface area contributed by atoms with Gasteiger partial charge in [-0.15, -0.1) is 0 Å². The molecule has 0 heterocycles. The van der Waals surface area contributed by atoms with Crippen LogP contribution in [0.25, 0.3) is 0 Å². The van der Waals surface area contributed by atoms with E-state index in [0.717, 1.165) is 18.4 Å². The van der Waals surface area contributed by atoms with Crippen LogP contribution in [0.1, 0.15) is 25.3 Å². The Balaban J connectivity index is 2.83. The van der Waals surface area contributed by atoms with Gasteiger partial charge in [-0.3, -0.25) is 0 Å². The van der Waals surface area contributed by atoms with E-state index in [4.69, 9.17) is 14.2 Å². The number of benzene rings is 1. The zero-order chi connectivity index (χ0) is 15.0. The van der Waals surface area contributed by atoms with Crippen molar-refractivity contribution in [3.63, 3.8) is 0 Å². The molecule has 0 saturated carbocycles. The monoisotopic (exact) mass is 282 g/mol. The first kappa shape index (κ1) is 16.3. The van der Waals surface area contributed by atoms with Gasteiger partial charge in [0.05, 0.1) is 14.2 Å². The SMILES string of the molecule is CCCCOC(Cc1cc(OC)ccc1OC)C(=O)O. The van der Waals surface area contributed by atoms with E-state index in [1.165, 1.54) is 0 Å². The molecule has 1 atom stereocenters. The molecule has 0 radical (unpaired) electrons. The summed E-state index contributed by atoms with van der Waals surface area (Å²) in [5, 5.41) is 9.23. The van der Waals surface area contributed by atoms with Crippen LogP contribution in [0, 0.1) is 0 Å². The first-order chi connectivity index (χ1) is 9.62. The molecule has 5 heteroatoms. The number of ether oxygens (including phenoxy) is 3. The summed E-state index contributed by atoms with van der Waals surface area (Å²) in [6.45, 7) is 2.48. The molecule has 0 bridgehead atoms. The van der Waals surface area contributed by atoms with Crippen LogP contribution in [-0.2, 0) is 16.0 Å². The van der Waals surface area contributed by atoms with E-state index in [-0.39, 0.29) is 6.42 Å². The number of carboxylic acids is 1. The highest BCUT2D eigenvalue weighted by Gasteiger charge is 2.20. The molecule has 1 unspecified atom stereocenters.